The van der Waals surface area contributed by atoms with Crippen LogP contribution in [0.2, 0.25) is 0 Å². The van der Waals surface area contributed by atoms with Crippen LogP contribution in [0.4, 0.5) is 0 Å². The minimum Gasteiger partial charge on any atom is -0.476 e. The Morgan fingerprint density at radius 1 is 1.56 bits per heavy atom. The van der Waals surface area contributed by atoms with Crippen molar-refractivity contribution >= 4 is 17.5 Å². The van der Waals surface area contributed by atoms with E-state index in [0.29, 0.717) is 17.2 Å². The van der Waals surface area contributed by atoms with E-state index in [0.717, 1.165) is 18.7 Å². The molecular formula is C11H11ClN2O2. The molecule has 0 aliphatic carbocycles. The Bertz CT molecular complexity index is 439. The molecule has 3 aliphatic rings. The molecule has 5 heteroatoms. The minimum atomic E-state index is -0.313. The van der Waals surface area contributed by atoms with Gasteiger partial charge in [-0.1, -0.05) is 17.7 Å². The lowest BCUT2D eigenvalue weighted by atomic mass is 10.1. The van der Waals surface area contributed by atoms with Gasteiger partial charge in [-0.3, -0.25) is 10.1 Å². The molecular weight excluding hydrogens is 228 g/mol. The van der Waals surface area contributed by atoms with Crippen LogP contribution in [0, 0.1) is 0 Å². The largest absolute Gasteiger partial charge is 0.476 e. The van der Waals surface area contributed by atoms with E-state index in [2.05, 4.69) is 5.32 Å². The van der Waals surface area contributed by atoms with Crippen LogP contribution in [0.25, 0.3) is 0 Å². The topological polar surface area (TPSA) is 41.6 Å². The summed E-state index contributed by atoms with van der Waals surface area (Å²) in [6, 6.07) is 0. The van der Waals surface area contributed by atoms with Crippen molar-refractivity contribution in [1.82, 2.24) is 10.2 Å². The van der Waals surface area contributed by atoms with Crippen LogP contribution in [0.15, 0.2) is 34.7 Å². The SMILES string of the molecule is O=C1C2=CCCN[C@H]2OC=C2C=C(Cl)CN12. The van der Waals surface area contributed by atoms with E-state index in [9.17, 15) is 4.79 Å². The summed E-state index contributed by atoms with van der Waals surface area (Å²) >= 11 is 5.92. The van der Waals surface area contributed by atoms with Gasteiger partial charge in [-0.05, 0) is 12.5 Å². The molecule has 0 fully saturated rings. The Kier molecular flexibility index (Phi) is 2.26. The average molecular weight is 239 g/mol. The maximum atomic E-state index is 12.2. The molecule has 3 aliphatic heterocycles. The van der Waals surface area contributed by atoms with Gasteiger partial charge in [0.25, 0.3) is 5.91 Å². The lowest BCUT2D eigenvalue weighted by molar-refractivity contribution is -0.125. The molecule has 0 saturated carbocycles. The summed E-state index contributed by atoms with van der Waals surface area (Å²) in [6.07, 6.45) is 5.83. The number of nitrogens with zero attached hydrogens (tertiary/aromatic N) is 1. The summed E-state index contributed by atoms with van der Waals surface area (Å²) < 4.78 is 5.53. The second-order valence-electron chi connectivity index (χ2n) is 3.94. The van der Waals surface area contributed by atoms with Gasteiger partial charge in [0.2, 0.25) is 0 Å². The number of hydrogen-bond acceptors (Lipinski definition) is 3. The number of ether oxygens (including phenoxy) is 1. The number of amides is 1. The molecule has 4 nitrogen and oxygen atoms in total. The second kappa shape index (κ2) is 3.64. The highest BCUT2D eigenvalue weighted by molar-refractivity contribution is 6.30. The first-order chi connectivity index (χ1) is 7.75. The third-order valence-corrected chi connectivity index (χ3v) is 3.09. The Balaban J connectivity index is 1.99. The minimum absolute atomic E-state index is 0.0205. The third-order valence-electron chi connectivity index (χ3n) is 2.86. The Labute approximate surface area is 98.2 Å². The lowest BCUT2D eigenvalue weighted by Crippen LogP contribution is -2.41. The van der Waals surface area contributed by atoms with Crippen LogP contribution in [0.1, 0.15) is 6.42 Å². The fraction of sp³-hybridized carbons (Fsp3) is 0.364. The van der Waals surface area contributed by atoms with Gasteiger partial charge in [-0.2, -0.15) is 0 Å². The predicted molar refractivity (Wildman–Crippen MR) is 59.3 cm³/mol. The van der Waals surface area contributed by atoms with Crippen LogP contribution in [-0.2, 0) is 9.53 Å². The molecule has 84 valence electrons. The van der Waals surface area contributed by atoms with Crippen molar-refractivity contribution in [1.29, 1.82) is 0 Å². The number of carbonyl (C=O) groups is 1. The maximum Gasteiger partial charge on any atom is 0.259 e. The van der Waals surface area contributed by atoms with Crippen LogP contribution in [-0.4, -0.2) is 30.1 Å². The monoisotopic (exact) mass is 238 g/mol. The summed E-state index contributed by atoms with van der Waals surface area (Å²) in [4.78, 5) is 13.9. The number of nitrogens with one attached hydrogen (secondary N) is 1. The Morgan fingerprint density at radius 3 is 3.31 bits per heavy atom. The van der Waals surface area contributed by atoms with Crippen LogP contribution in [0.3, 0.4) is 0 Å². The van der Waals surface area contributed by atoms with Gasteiger partial charge in [-0.15, -0.1) is 0 Å². The van der Waals surface area contributed by atoms with E-state index in [-0.39, 0.29) is 12.1 Å². The standard InChI is InChI=1S/C11H11ClN2O2/c12-7-4-8-6-16-10-9(2-1-3-13-10)11(15)14(8)5-7/h2,4,6,10,13H,1,3,5H2/t10-/m0/s1. The number of halogens is 1. The molecule has 1 amide bonds. The number of hydrogen-bond donors (Lipinski definition) is 1. The first-order valence-corrected chi connectivity index (χ1v) is 5.60. The van der Waals surface area contributed by atoms with Crippen LogP contribution >= 0.6 is 11.6 Å². The molecule has 0 spiro atoms. The van der Waals surface area contributed by atoms with Crippen molar-refractivity contribution in [3.63, 3.8) is 0 Å². The lowest BCUT2D eigenvalue weighted by Gasteiger charge is -2.23. The van der Waals surface area contributed by atoms with E-state index < -0.39 is 0 Å². The highest BCUT2D eigenvalue weighted by Crippen LogP contribution is 2.29. The molecule has 16 heavy (non-hydrogen) atoms. The van der Waals surface area contributed by atoms with Gasteiger partial charge in [0.15, 0.2) is 6.23 Å². The first kappa shape index (κ1) is 9.93. The Hall–Kier alpha value is -1.26. The summed E-state index contributed by atoms with van der Waals surface area (Å²) in [7, 11) is 0. The number of rotatable bonds is 0. The van der Waals surface area contributed by atoms with Gasteiger partial charge >= 0.3 is 0 Å². The maximum absolute atomic E-state index is 12.2. The van der Waals surface area contributed by atoms with E-state index in [1.54, 1.807) is 17.2 Å². The first-order valence-electron chi connectivity index (χ1n) is 5.23. The zero-order valence-electron chi connectivity index (χ0n) is 8.57. The molecule has 0 saturated heterocycles. The van der Waals surface area contributed by atoms with Crippen molar-refractivity contribution in [2.45, 2.75) is 12.6 Å². The molecule has 0 radical (unpaired) electrons. The highest BCUT2D eigenvalue weighted by Gasteiger charge is 2.34. The number of fused-ring (bicyclic) bond motifs is 2. The van der Waals surface area contributed by atoms with Gasteiger partial charge in [0.05, 0.1) is 17.8 Å². The molecule has 3 heterocycles. The summed E-state index contributed by atoms with van der Waals surface area (Å²) in [6.45, 7) is 1.28. The predicted octanol–water partition coefficient (Wildman–Crippen LogP) is 1.07. The molecule has 0 aromatic heterocycles. The molecule has 1 N–H and O–H groups in total. The zero-order chi connectivity index (χ0) is 11.1. The zero-order valence-corrected chi connectivity index (χ0v) is 9.33. The van der Waals surface area contributed by atoms with Crippen molar-refractivity contribution in [2.75, 3.05) is 13.1 Å². The van der Waals surface area contributed by atoms with Gasteiger partial charge in [0.1, 0.15) is 6.26 Å². The molecule has 0 bridgehead atoms. The van der Waals surface area contributed by atoms with E-state index >= 15 is 0 Å². The molecule has 0 unspecified atom stereocenters. The molecule has 0 aromatic rings. The second-order valence-corrected chi connectivity index (χ2v) is 4.43. The molecule has 0 aromatic carbocycles. The third kappa shape index (κ3) is 1.45. The van der Waals surface area contributed by atoms with Crippen molar-refractivity contribution in [2.24, 2.45) is 0 Å². The Morgan fingerprint density at radius 2 is 2.44 bits per heavy atom. The number of carbonyl (C=O) groups excluding carboxylic acids is 1. The van der Waals surface area contributed by atoms with Gasteiger partial charge in [-0.25, -0.2) is 0 Å². The van der Waals surface area contributed by atoms with Gasteiger partial charge < -0.3 is 9.64 Å². The summed E-state index contributed by atoms with van der Waals surface area (Å²) in [5.41, 5.74) is 1.41. The van der Waals surface area contributed by atoms with E-state index in [4.69, 9.17) is 16.3 Å². The molecule has 1 atom stereocenters. The number of allylic oxidation sites excluding steroid dienone is 1. The van der Waals surface area contributed by atoms with Crippen molar-refractivity contribution in [3.05, 3.63) is 34.7 Å². The normalized spacial score (nSPS) is 28.3. The van der Waals surface area contributed by atoms with Crippen molar-refractivity contribution < 1.29 is 9.53 Å². The fourth-order valence-electron chi connectivity index (χ4n) is 2.09. The van der Waals surface area contributed by atoms with Crippen molar-refractivity contribution in [3.8, 4) is 0 Å². The summed E-state index contributed by atoms with van der Waals surface area (Å²) in [5, 5.41) is 3.81. The quantitative estimate of drug-likeness (QED) is 0.687. The van der Waals surface area contributed by atoms with Crippen LogP contribution < -0.4 is 5.32 Å². The van der Waals surface area contributed by atoms with Crippen LogP contribution in [0.5, 0.6) is 0 Å². The average Bonchev–Trinajstić information content (AvgIpc) is 2.62. The summed E-state index contributed by atoms with van der Waals surface area (Å²) in [5.74, 6) is -0.0205. The highest BCUT2D eigenvalue weighted by atomic mass is 35.5. The molecule has 3 rings (SSSR count). The van der Waals surface area contributed by atoms with E-state index in [1.165, 1.54) is 0 Å². The van der Waals surface area contributed by atoms with Gasteiger partial charge in [0, 0.05) is 11.6 Å². The fourth-order valence-corrected chi connectivity index (χ4v) is 2.32. The van der Waals surface area contributed by atoms with E-state index in [1.807, 2.05) is 6.08 Å². The smallest absolute Gasteiger partial charge is 0.259 e.